The fourth-order valence-electron chi connectivity index (χ4n) is 3.21. The molecule has 2 heterocycles. The highest BCUT2D eigenvalue weighted by molar-refractivity contribution is 5.92. The van der Waals surface area contributed by atoms with Gasteiger partial charge >= 0.3 is 5.97 Å². The van der Waals surface area contributed by atoms with Gasteiger partial charge in [-0.05, 0) is 43.9 Å². The second kappa shape index (κ2) is 4.84. The maximum absolute atomic E-state index is 11.1. The van der Waals surface area contributed by atoms with Crippen LogP contribution in [0, 0.1) is 0 Å². The summed E-state index contributed by atoms with van der Waals surface area (Å²) in [6.45, 7) is 1.59. The zero-order valence-corrected chi connectivity index (χ0v) is 11.8. The van der Waals surface area contributed by atoms with Gasteiger partial charge in [0.1, 0.15) is 5.82 Å². The summed E-state index contributed by atoms with van der Waals surface area (Å²) in [6.07, 6.45) is 4.40. The van der Waals surface area contributed by atoms with Crippen molar-refractivity contribution in [2.45, 2.75) is 37.6 Å². The lowest BCUT2D eigenvalue weighted by molar-refractivity contribution is 0.0695. The van der Waals surface area contributed by atoms with E-state index in [4.69, 9.17) is 14.8 Å². The van der Waals surface area contributed by atoms with Gasteiger partial charge in [-0.1, -0.05) is 0 Å². The van der Waals surface area contributed by atoms with Gasteiger partial charge in [-0.3, -0.25) is 0 Å². The highest BCUT2D eigenvalue weighted by atomic mass is 16.5. The maximum atomic E-state index is 11.1. The molecule has 2 fully saturated rings. The zero-order chi connectivity index (χ0) is 14.4. The molecule has 1 aromatic carbocycles. The largest absolute Gasteiger partial charge is 0.478 e. The summed E-state index contributed by atoms with van der Waals surface area (Å²) in [7, 11) is 0. The van der Waals surface area contributed by atoms with Gasteiger partial charge in [-0.2, -0.15) is 0 Å². The Morgan fingerprint density at radius 3 is 2.67 bits per heavy atom. The molecule has 4 rings (SSSR count). The molecule has 5 heteroatoms. The fraction of sp³-hybridized carbons (Fsp3) is 0.500. The van der Waals surface area contributed by atoms with Crippen LogP contribution in [0.2, 0.25) is 0 Å². The van der Waals surface area contributed by atoms with Crippen molar-refractivity contribution in [3.8, 4) is 0 Å². The predicted molar refractivity (Wildman–Crippen MR) is 77.8 cm³/mol. The highest BCUT2D eigenvalue weighted by Gasteiger charge is 2.32. The number of fused-ring (bicyclic) bond motifs is 1. The van der Waals surface area contributed by atoms with Crippen LogP contribution in [0.15, 0.2) is 18.2 Å². The Morgan fingerprint density at radius 1 is 1.24 bits per heavy atom. The molecule has 21 heavy (non-hydrogen) atoms. The second-order valence-corrected chi connectivity index (χ2v) is 5.97. The summed E-state index contributed by atoms with van der Waals surface area (Å²) in [5.74, 6) is 0.790. The number of carbonyl (C=O) groups is 1. The van der Waals surface area contributed by atoms with Crippen LogP contribution in [0.25, 0.3) is 11.0 Å². The average Bonchev–Trinajstić information content (AvgIpc) is 3.28. The van der Waals surface area contributed by atoms with Gasteiger partial charge in [0.2, 0.25) is 0 Å². The van der Waals surface area contributed by atoms with Gasteiger partial charge in [0.25, 0.3) is 0 Å². The first-order valence-electron chi connectivity index (χ1n) is 7.57. The van der Waals surface area contributed by atoms with E-state index in [2.05, 4.69) is 4.57 Å². The van der Waals surface area contributed by atoms with E-state index in [1.807, 2.05) is 6.07 Å². The second-order valence-electron chi connectivity index (χ2n) is 5.97. The van der Waals surface area contributed by atoms with Crippen LogP contribution in [-0.4, -0.2) is 33.8 Å². The number of aromatic carboxylic acids is 1. The Morgan fingerprint density at radius 2 is 2.00 bits per heavy atom. The van der Waals surface area contributed by atoms with Crippen molar-refractivity contribution in [2.24, 2.45) is 0 Å². The first kappa shape index (κ1) is 12.8. The Labute approximate surface area is 122 Å². The molecule has 1 aromatic heterocycles. The lowest BCUT2D eigenvalue weighted by atomic mass is 10.1. The van der Waals surface area contributed by atoms with E-state index < -0.39 is 5.97 Å². The molecule has 0 radical (unpaired) electrons. The Hall–Kier alpha value is -1.88. The van der Waals surface area contributed by atoms with Crippen molar-refractivity contribution in [3.63, 3.8) is 0 Å². The minimum absolute atomic E-state index is 0.307. The molecule has 1 aliphatic heterocycles. The maximum Gasteiger partial charge on any atom is 0.335 e. The molecule has 0 unspecified atom stereocenters. The monoisotopic (exact) mass is 286 g/mol. The van der Waals surface area contributed by atoms with E-state index in [1.54, 1.807) is 12.1 Å². The zero-order valence-electron chi connectivity index (χ0n) is 11.8. The van der Waals surface area contributed by atoms with Crippen LogP contribution in [0.4, 0.5) is 0 Å². The molecular formula is C16H18N2O3. The molecule has 0 bridgehead atoms. The first-order chi connectivity index (χ1) is 10.2. The number of carboxylic acids is 1. The average molecular weight is 286 g/mol. The highest BCUT2D eigenvalue weighted by Crippen LogP contribution is 2.43. The molecule has 0 amide bonds. The number of carboxylic acid groups (broad SMARTS) is 1. The van der Waals surface area contributed by atoms with Crippen LogP contribution in [0.3, 0.4) is 0 Å². The summed E-state index contributed by atoms with van der Waals surface area (Å²) in [5.41, 5.74) is 2.18. The topological polar surface area (TPSA) is 64.3 Å². The number of imidazole rings is 1. The minimum Gasteiger partial charge on any atom is -0.478 e. The van der Waals surface area contributed by atoms with E-state index in [-0.39, 0.29) is 0 Å². The SMILES string of the molecule is O=C(O)c1ccc2c(c1)nc(C1CC1)n2C1CCOCC1. The van der Waals surface area contributed by atoms with Crippen molar-refractivity contribution >= 4 is 17.0 Å². The molecule has 5 nitrogen and oxygen atoms in total. The molecule has 1 aliphatic carbocycles. The molecule has 2 aliphatic rings. The lowest BCUT2D eigenvalue weighted by Crippen LogP contribution is -2.21. The smallest absolute Gasteiger partial charge is 0.335 e. The number of benzene rings is 1. The van der Waals surface area contributed by atoms with Gasteiger partial charge < -0.3 is 14.4 Å². The number of hydrogen-bond donors (Lipinski definition) is 1. The number of ether oxygens (including phenoxy) is 1. The van der Waals surface area contributed by atoms with Crippen molar-refractivity contribution in [2.75, 3.05) is 13.2 Å². The third kappa shape index (κ3) is 2.21. The van der Waals surface area contributed by atoms with E-state index in [0.717, 1.165) is 42.9 Å². The number of rotatable bonds is 3. The van der Waals surface area contributed by atoms with Crippen molar-refractivity contribution in [1.82, 2.24) is 9.55 Å². The lowest BCUT2D eigenvalue weighted by Gasteiger charge is -2.25. The van der Waals surface area contributed by atoms with Crippen molar-refractivity contribution in [3.05, 3.63) is 29.6 Å². The van der Waals surface area contributed by atoms with E-state index in [9.17, 15) is 4.79 Å². The van der Waals surface area contributed by atoms with E-state index in [0.29, 0.717) is 17.5 Å². The molecule has 1 N–H and O–H groups in total. The molecule has 0 atom stereocenters. The molecule has 1 saturated heterocycles. The number of aromatic nitrogens is 2. The number of hydrogen-bond acceptors (Lipinski definition) is 3. The number of nitrogens with zero attached hydrogens (tertiary/aromatic N) is 2. The predicted octanol–water partition coefficient (Wildman–Crippen LogP) is 2.96. The summed E-state index contributed by atoms with van der Waals surface area (Å²) in [6, 6.07) is 5.71. The normalized spacial score (nSPS) is 20.0. The summed E-state index contributed by atoms with van der Waals surface area (Å²) < 4.78 is 7.81. The standard InChI is InChI=1S/C16H18N2O3/c19-16(20)11-3-4-14-13(9-11)17-15(10-1-2-10)18(14)12-5-7-21-8-6-12/h3-4,9-10,12H,1-2,5-8H2,(H,19,20). The summed E-state index contributed by atoms with van der Waals surface area (Å²) in [4.78, 5) is 15.9. The minimum atomic E-state index is -0.898. The van der Waals surface area contributed by atoms with Crippen LogP contribution < -0.4 is 0 Å². The molecular weight excluding hydrogens is 268 g/mol. The van der Waals surface area contributed by atoms with E-state index in [1.165, 1.54) is 12.8 Å². The van der Waals surface area contributed by atoms with Crippen LogP contribution in [0.5, 0.6) is 0 Å². The molecule has 0 spiro atoms. The Bertz CT molecular complexity index is 697. The third-order valence-electron chi connectivity index (χ3n) is 4.46. The van der Waals surface area contributed by atoms with Gasteiger partial charge in [-0.15, -0.1) is 0 Å². The van der Waals surface area contributed by atoms with Crippen molar-refractivity contribution < 1.29 is 14.6 Å². The third-order valence-corrected chi connectivity index (χ3v) is 4.46. The molecule has 2 aromatic rings. The first-order valence-corrected chi connectivity index (χ1v) is 7.57. The summed E-state index contributed by atoms with van der Waals surface area (Å²) >= 11 is 0. The van der Waals surface area contributed by atoms with Crippen molar-refractivity contribution in [1.29, 1.82) is 0 Å². The summed E-state index contributed by atoms with van der Waals surface area (Å²) in [5, 5.41) is 9.14. The van der Waals surface area contributed by atoms with E-state index >= 15 is 0 Å². The van der Waals surface area contributed by atoms with Gasteiger partial charge in [0.05, 0.1) is 16.6 Å². The Kier molecular flexibility index (Phi) is 2.96. The Balaban J connectivity index is 1.85. The van der Waals surface area contributed by atoms with Crippen LogP contribution >= 0.6 is 0 Å². The van der Waals surface area contributed by atoms with Gasteiger partial charge in [0.15, 0.2) is 0 Å². The van der Waals surface area contributed by atoms with Gasteiger partial charge in [-0.25, -0.2) is 9.78 Å². The molecule has 1 saturated carbocycles. The fourth-order valence-corrected chi connectivity index (χ4v) is 3.21. The quantitative estimate of drug-likeness (QED) is 0.942. The van der Waals surface area contributed by atoms with Crippen LogP contribution in [0.1, 0.15) is 53.8 Å². The van der Waals surface area contributed by atoms with Crippen LogP contribution in [-0.2, 0) is 4.74 Å². The van der Waals surface area contributed by atoms with Gasteiger partial charge in [0, 0.05) is 25.2 Å². The molecule has 110 valence electrons.